The van der Waals surface area contributed by atoms with E-state index in [1.807, 2.05) is 12.1 Å². The number of hydrogen-bond acceptors (Lipinski definition) is 4. The number of aromatic nitrogens is 4. The van der Waals surface area contributed by atoms with Crippen molar-refractivity contribution in [3.63, 3.8) is 0 Å². The van der Waals surface area contributed by atoms with Gasteiger partial charge in [-0.15, -0.1) is 10.2 Å². The highest BCUT2D eigenvalue weighted by molar-refractivity contribution is 5.57. The molecule has 0 N–H and O–H groups in total. The predicted octanol–water partition coefficient (Wildman–Crippen LogP) is 2.90. The fraction of sp³-hybridized carbons (Fsp3) is 0.0714. The van der Waals surface area contributed by atoms with Gasteiger partial charge < -0.3 is 0 Å². The first kappa shape index (κ1) is 12.3. The maximum absolute atomic E-state index is 14.3. The van der Waals surface area contributed by atoms with Gasteiger partial charge in [-0.25, -0.2) is 4.68 Å². The summed E-state index contributed by atoms with van der Waals surface area (Å²) in [6.07, 6.45) is 1.65. The van der Waals surface area contributed by atoms with Crippen LogP contribution in [0.3, 0.4) is 0 Å². The van der Waals surface area contributed by atoms with Gasteiger partial charge in [0.2, 0.25) is 5.82 Å². The highest BCUT2D eigenvalue weighted by Gasteiger charge is 2.17. The molecule has 0 saturated heterocycles. The number of pyridine rings is 1. The van der Waals surface area contributed by atoms with E-state index in [-0.39, 0.29) is 5.95 Å². The van der Waals surface area contributed by atoms with Crippen LogP contribution in [0, 0.1) is 0 Å². The highest BCUT2D eigenvalue weighted by atomic mass is 19.2. The Morgan fingerprint density at radius 1 is 1.05 bits per heavy atom. The van der Waals surface area contributed by atoms with E-state index in [2.05, 4.69) is 15.1 Å². The van der Waals surface area contributed by atoms with E-state index >= 15 is 0 Å². The molecule has 0 aliphatic carbocycles. The molecule has 0 aliphatic heterocycles. The van der Waals surface area contributed by atoms with Crippen molar-refractivity contribution in [2.75, 3.05) is 5.12 Å². The molecule has 0 radical (unpaired) electrons. The van der Waals surface area contributed by atoms with Crippen molar-refractivity contribution in [3.8, 4) is 11.5 Å². The molecule has 5 nitrogen and oxygen atoms in total. The summed E-state index contributed by atoms with van der Waals surface area (Å²) in [6.45, 7) is 0. The molecule has 1 aromatic carbocycles. The summed E-state index contributed by atoms with van der Waals surface area (Å²) in [5.74, 6) is 0.499. The van der Waals surface area contributed by atoms with Crippen LogP contribution >= 0.6 is 0 Å². The second kappa shape index (κ2) is 5.08. The maximum atomic E-state index is 14.3. The highest BCUT2D eigenvalue weighted by Crippen LogP contribution is 2.25. The van der Waals surface area contributed by atoms with E-state index < -0.39 is 0 Å². The van der Waals surface area contributed by atoms with Gasteiger partial charge in [-0.2, -0.15) is 4.98 Å². The number of anilines is 2. The quantitative estimate of drug-likeness (QED) is 0.686. The molecule has 0 spiro atoms. The monoisotopic (exact) mass is 269 g/mol. The van der Waals surface area contributed by atoms with Gasteiger partial charge in [0.25, 0.3) is 5.95 Å². The number of nitrogens with zero attached hydrogens (tertiary/aromatic N) is 5. The molecule has 6 heteroatoms. The number of aryl methyl sites for hydroxylation is 1. The third-order valence-electron chi connectivity index (χ3n) is 2.79. The first-order valence-corrected chi connectivity index (χ1v) is 6.09. The average Bonchev–Trinajstić information content (AvgIpc) is 2.90. The zero-order chi connectivity index (χ0) is 13.9. The van der Waals surface area contributed by atoms with Crippen LogP contribution in [0.1, 0.15) is 0 Å². The molecule has 0 unspecified atom stereocenters. The van der Waals surface area contributed by atoms with Crippen molar-refractivity contribution in [2.45, 2.75) is 0 Å². The van der Waals surface area contributed by atoms with Gasteiger partial charge in [0.15, 0.2) is 0 Å². The van der Waals surface area contributed by atoms with Crippen molar-refractivity contribution in [1.29, 1.82) is 0 Å². The fourth-order valence-corrected chi connectivity index (χ4v) is 1.83. The summed E-state index contributed by atoms with van der Waals surface area (Å²) in [7, 11) is 1.64. The van der Waals surface area contributed by atoms with Gasteiger partial charge in [-0.05, 0) is 24.3 Å². The summed E-state index contributed by atoms with van der Waals surface area (Å²) >= 11 is 0. The minimum Gasteiger partial charge on any atom is -0.253 e. The SMILES string of the molecule is Cn1nc(-c2ccccn2)nc1N(F)c1ccccc1. The number of para-hydroxylation sites is 1. The number of halogens is 1. The third-order valence-corrected chi connectivity index (χ3v) is 2.79. The summed E-state index contributed by atoms with van der Waals surface area (Å²) in [6, 6.07) is 14.1. The van der Waals surface area contributed by atoms with Gasteiger partial charge >= 0.3 is 0 Å². The molecule has 0 saturated carbocycles. The molecule has 20 heavy (non-hydrogen) atoms. The molecule has 100 valence electrons. The van der Waals surface area contributed by atoms with Crippen LogP contribution in [0.2, 0.25) is 0 Å². The molecule has 0 atom stereocenters. The van der Waals surface area contributed by atoms with Gasteiger partial charge in [0, 0.05) is 13.2 Å². The van der Waals surface area contributed by atoms with Crippen molar-refractivity contribution in [2.24, 2.45) is 7.05 Å². The van der Waals surface area contributed by atoms with E-state index in [1.165, 1.54) is 4.68 Å². The lowest BCUT2D eigenvalue weighted by atomic mass is 10.3. The van der Waals surface area contributed by atoms with Crippen molar-refractivity contribution < 1.29 is 4.48 Å². The zero-order valence-electron chi connectivity index (χ0n) is 10.8. The van der Waals surface area contributed by atoms with Gasteiger partial charge in [-0.1, -0.05) is 28.7 Å². The second-order valence-electron chi connectivity index (χ2n) is 4.19. The smallest absolute Gasteiger partial charge is 0.253 e. The Labute approximate surface area is 115 Å². The standard InChI is InChI=1S/C14H12FN5/c1-19-14(20(15)11-7-3-2-4-8-11)17-13(18-19)12-9-5-6-10-16-12/h2-10H,1H3. The Kier molecular flexibility index (Phi) is 3.12. The zero-order valence-corrected chi connectivity index (χ0v) is 10.8. The molecule has 2 aromatic heterocycles. The molecule has 0 fully saturated rings. The second-order valence-corrected chi connectivity index (χ2v) is 4.19. The van der Waals surface area contributed by atoms with Crippen LogP contribution in [0.4, 0.5) is 16.1 Å². The third kappa shape index (κ3) is 2.23. The van der Waals surface area contributed by atoms with Crippen molar-refractivity contribution in [1.82, 2.24) is 19.7 Å². The minimum atomic E-state index is 0.108. The Morgan fingerprint density at radius 3 is 2.50 bits per heavy atom. The summed E-state index contributed by atoms with van der Waals surface area (Å²) in [5, 5.41) is 4.69. The van der Waals surface area contributed by atoms with Crippen LogP contribution in [0.5, 0.6) is 0 Å². The van der Waals surface area contributed by atoms with Gasteiger partial charge in [-0.3, -0.25) is 4.98 Å². The molecule has 0 bridgehead atoms. The first-order chi connectivity index (χ1) is 9.75. The van der Waals surface area contributed by atoms with E-state index in [0.29, 0.717) is 22.3 Å². The predicted molar refractivity (Wildman–Crippen MR) is 73.9 cm³/mol. The molecular formula is C14H12FN5. The number of rotatable bonds is 3. The maximum Gasteiger partial charge on any atom is 0.257 e. The van der Waals surface area contributed by atoms with E-state index in [9.17, 15) is 4.48 Å². The molecule has 0 amide bonds. The lowest BCUT2D eigenvalue weighted by molar-refractivity contribution is 0.481. The lowest BCUT2D eigenvalue weighted by Gasteiger charge is -2.10. The largest absolute Gasteiger partial charge is 0.257 e. The minimum absolute atomic E-state index is 0.108. The van der Waals surface area contributed by atoms with Gasteiger partial charge in [0.05, 0.1) is 5.69 Å². The van der Waals surface area contributed by atoms with Crippen molar-refractivity contribution >= 4 is 11.6 Å². The molecule has 0 aliphatic rings. The van der Waals surface area contributed by atoms with E-state index in [0.717, 1.165) is 0 Å². The fourth-order valence-electron chi connectivity index (χ4n) is 1.83. The van der Waals surface area contributed by atoms with Crippen LogP contribution in [-0.2, 0) is 7.05 Å². The van der Waals surface area contributed by atoms with Crippen molar-refractivity contribution in [3.05, 3.63) is 54.7 Å². The summed E-state index contributed by atoms with van der Waals surface area (Å²) in [5.41, 5.74) is 1.01. The Morgan fingerprint density at radius 2 is 1.80 bits per heavy atom. The Bertz CT molecular complexity index is 696. The van der Waals surface area contributed by atoms with Crippen LogP contribution in [0.15, 0.2) is 54.7 Å². The van der Waals surface area contributed by atoms with Crippen LogP contribution in [0.25, 0.3) is 11.5 Å². The first-order valence-electron chi connectivity index (χ1n) is 6.09. The molecule has 3 aromatic rings. The molecular weight excluding hydrogens is 257 g/mol. The summed E-state index contributed by atoms with van der Waals surface area (Å²) < 4.78 is 15.7. The van der Waals surface area contributed by atoms with E-state index in [1.54, 1.807) is 49.6 Å². The van der Waals surface area contributed by atoms with Crippen LogP contribution in [-0.4, -0.2) is 19.7 Å². The lowest BCUT2D eigenvalue weighted by Crippen LogP contribution is -2.09. The van der Waals surface area contributed by atoms with Crippen LogP contribution < -0.4 is 5.12 Å². The summed E-state index contributed by atoms with van der Waals surface area (Å²) in [4.78, 5) is 8.35. The normalized spacial score (nSPS) is 10.5. The van der Waals surface area contributed by atoms with Gasteiger partial charge in [0.1, 0.15) is 5.69 Å². The Balaban J connectivity index is 1.98. The number of hydrogen-bond donors (Lipinski definition) is 0. The average molecular weight is 269 g/mol. The number of benzene rings is 1. The van der Waals surface area contributed by atoms with E-state index in [4.69, 9.17) is 0 Å². The Hall–Kier alpha value is -2.76. The molecule has 2 heterocycles. The molecule has 3 rings (SSSR count). The topological polar surface area (TPSA) is 46.8 Å².